The highest BCUT2D eigenvalue weighted by Gasteiger charge is 2.05. The van der Waals surface area contributed by atoms with Crippen molar-refractivity contribution < 1.29 is 0 Å². The Hall–Kier alpha value is -1.09. The van der Waals surface area contributed by atoms with Crippen LogP contribution in [0.15, 0.2) is 35.2 Å². The van der Waals surface area contributed by atoms with Crippen molar-refractivity contribution in [3.63, 3.8) is 0 Å². The maximum absolute atomic E-state index is 4.38. The molecule has 0 N–H and O–H groups in total. The van der Waals surface area contributed by atoms with Crippen LogP contribution in [-0.2, 0) is 26.3 Å². The molecule has 1 heterocycles. The second-order valence-electron chi connectivity index (χ2n) is 4.26. The topological polar surface area (TPSA) is 17.8 Å². The Labute approximate surface area is 111 Å². The molecule has 0 aliphatic rings. The molecule has 0 amide bonds. The predicted molar refractivity (Wildman–Crippen MR) is 74.1 cm³/mol. The van der Waals surface area contributed by atoms with E-state index in [2.05, 4.69) is 52.1 Å². The first-order valence-electron chi connectivity index (χ1n) is 5.94. The average Bonchev–Trinajstić information content (AvgIpc) is 2.68. The van der Waals surface area contributed by atoms with Gasteiger partial charge >= 0.3 is 0 Å². The number of rotatable bonds is 4. The summed E-state index contributed by atoms with van der Waals surface area (Å²) in [5, 5.41) is 0. The summed E-state index contributed by atoms with van der Waals surface area (Å²) in [6, 6.07) is 8.86. The largest absolute Gasteiger partial charge is 0.328 e. The van der Waals surface area contributed by atoms with Crippen LogP contribution in [0, 0.1) is 0 Å². The van der Waals surface area contributed by atoms with Crippen LogP contribution < -0.4 is 0 Å². The minimum absolute atomic E-state index is 0.979. The molecule has 0 aliphatic heterocycles. The molecular weight excluding hydrogens is 276 g/mol. The number of halogens is 1. The summed E-state index contributed by atoms with van der Waals surface area (Å²) >= 11 is 3.55. The maximum atomic E-state index is 4.38. The first kappa shape index (κ1) is 12.4. The molecule has 90 valence electrons. The zero-order chi connectivity index (χ0) is 12.3. The number of imidazole rings is 1. The Morgan fingerprint density at radius 3 is 2.29 bits per heavy atom. The summed E-state index contributed by atoms with van der Waals surface area (Å²) in [6.45, 7) is 2.18. The lowest BCUT2D eigenvalue weighted by Crippen LogP contribution is -1.94. The van der Waals surface area contributed by atoms with Gasteiger partial charge in [-0.1, -0.05) is 31.2 Å². The fraction of sp³-hybridized carbons (Fsp3) is 0.357. The lowest BCUT2D eigenvalue weighted by molar-refractivity contribution is 0.876. The molecule has 1 aromatic carbocycles. The van der Waals surface area contributed by atoms with Crippen LogP contribution in [0.5, 0.6) is 0 Å². The maximum Gasteiger partial charge on any atom is 0.107 e. The van der Waals surface area contributed by atoms with Crippen LogP contribution in [0.4, 0.5) is 0 Å². The highest BCUT2D eigenvalue weighted by atomic mass is 79.9. The molecule has 0 unspecified atom stereocenters. The van der Waals surface area contributed by atoms with E-state index < -0.39 is 0 Å². The Kier molecular flexibility index (Phi) is 4.00. The summed E-state index contributed by atoms with van der Waals surface area (Å²) in [5.74, 6) is 0. The van der Waals surface area contributed by atoms with Gasteiger partial charge in [-0.15, -0.1) is 0 Å². The highest BCUT2D eigenvalue weighted by molar-refractivity contribution is 9.10. The highest BCUT2D eigenvalue weighted by Crippen LogP contribution is 2.16. The quantitative estimate of drug-likeness (QED) is 0.843. The standard InChI is InChI=1S/C14H17BrN2/c1-3-11-4-6-12(7-5-11)8-9-13-14(15)17(2)10-16-13/h4-7,10H,3,8-9H2,1-2H3. The lowest BCUT2D eigenvalue weighted by atomic mass is 10.1. The fourth-order valence-corrected chi connectivity index (χ4v) is 2.23. The van der Waals surface area contributed by atoms with E-state index in [1.165, 1.54) is 11.1 Å². The summed E-state index contributed by atoms with van der Waals surface area (Å²) in [7, 11) is 2.00. The van der Waals surface area contributed by atoms with Gasteiger partial charge in [0.25, 0.3) is 0 Å². The van der Waals surface area contributed by atoms with Gasteiger partial charge in [0.2, 0.25) is 0 Å². The van der Waals surface area contributed by atoms with Gasteiger partial charge in [-0.2, -0.15) is 0 Å². The smallest absolute Gasteiger partial charge is 0.107 e. The third kappa shape index (κ3) is 2.97. The van der Waals surface area contributed by atoms with Crippen LogP contribution in [0.25, 0.3) is 0 Å². The molecule has 2 aromatic rings. The van der Waals surface area contributed by atoms with Gasteiger partial charge in [-0.25, -0.2) is 4.98 Å². The summed E-state index contributed by atoms with van der Waals surface area (Å²) in [5.41, 5.74) is 3.90. The number of aryl methyl sites for hydroxylation is 4. The van der Waals surface area contributed by atoms with Gasteiger partial charge < -0.3 is 4.57 Å². The summed E-state index contributed by atoms with van der Waals surface area (Å²) < 4.78 is 3.08. The van der Waals surface area contributed by atoms with Crippen molar-refractivity contribution in [3.8, 4) is 0 Å². The second-order valence-corrected chi connectivity index (χ2v) is 5.01. The zero-order valence-corrected chi connectivity index (χ0v) is 11.9. The van der Waals surface area contributed by atoms with Gasteiger partial charge in [0.15, 0.2) is 0 Å². The lowest BCUT2D eigenvalue weighted by Gasteiger charge is -2.02. The van der Waals surface area contributed by atoms with E-state index in [0.29, 0.717) is 0 Å². The molecular formula is C14H17BrN2. The minimum atomic E-state index is 0.979. The summed E-state index contributed by atoms with van der Waals surface area (Å²) in [4.78, 5) is 4.38. The Morgan fingerprint density at radius 1 is 1.12 bits per heavy atom. The van der Waals surface area contributed by atoms with Gasteiger partial charge in [0, 0.05) is 7.05 Å². The van der Waals surface area contributed by atoms with Crippen molar-refractivity contribution in [1.29, 1.82) is 0 Å². The molecule has 0 atom stereocenters. The molecule has 0 saturated heterocycles. The van der Waals surface area contributed by atoms with Crippen molar-refractivity contribution in [1.82, 2.24) is 9.55 Å². The first-order valence-corrected chi connectivity index (χ1v) is 6.73. The summed E-state index contributed by atoms with van der Waals surface area (Å²) in [6.07, 6.45) is 4.97. The molecule has 17 heavy (non-hydrogen) atoms. The molecule has 2 nitrogen and oxygen atoms in total. The molecule has 3 heteroatoms. The average molecular weight is 293 g/mol. The Balaban J connectivity index is 2.00. The molecule has 0 radical (unpaired) electrons. The van der Waals surface area contributed by atoms with E-state index in [1.54, 1.807) is 0 Å². The van der Waals surface area contributed by atoms with Crippen molar-refractivity contribution in [2.75, 3.05) is 0 Å². The van der Waals surface area contributed by atoms with E-state index in [1.807, 2.05) is 17.9 Å². The third-order valence-corrected chi connectivity index (χ3v) is 4.03. The monoisotopic (exact) mass is 292 g/mol. The molecule has 0 bridgehead atoms. The van der Waals surface area contributed by atoms with Crippen molar-refractivity contribution >= 4 is 15.9 Å². The normalized spacial score (nSPS) is 10.8. The molecule has 1 aromatic heterocycles. The number of nitrogens with zero attached hydrogens (tertiary/aromatic N) is 2. The van der Waals surface area contributed by atoms with Crippen LogP contribution in [0.2, 0.25) is 0 Å². The van der Waals surface area contributed by atoms with E-state index in [0.717, 1.165) is 29.6 Å². The molecule has 0 saturated carbocycles. The Morgan fingerprint density at radius 2 is 1.76 bits per heavy atom. The van der Waals surface area contributed by atoms with Crippen LogP contribution in [0.1, 0.15) is 23.7 Å². The first-order chi connectivity index (χ1) is 8.20. The van der Waals surface area contributed by atoms with Crippen LogP contribution in [0.3, 0.4) is 0 Å². The number of benzene rings is 1. The predicted octanol–water partition coefficient (Wildman–Crippen LogP) is 3.53. The van der Waals surface area contributed by atoms with Gasteiger partial charge in [0.1, 0.15) is 4.60 Å². The SMILES string of the molecule is CCc1ccc(CCc2ncn(C)c2Br)cc1. The van der Waals surface area contributed by atoms with Crippen LogP contribution >= 0.6 is 15.9 Å². The molecule has 0 spiro atoms. The second kappa shape index (κ2) is 5.50. The van der Waals surface area contributed by atoms with E-state index in [-0.39, 0.29) is 0 Å². The van der Waals surface area contributed by atoms with Crippen molar-refractivity contribution in [2.24, 2.45) is 7.05 Å². The minimum Gasteiger partial charge on any atom is -0.328 e. The fourth-order valence-electron chi connectivity index (χ4n) is 1.84. The molecule has 0 aliphatic carbocycles. The number of aromatic nitrogens is 2. The van der Waals surface area contributed by atoms with Crippen molar-refractivity contribution in [3.05, 3.63) is 52.0 Å². The number of hydrogen-bond donors (Lipinski definition) is 0. The van der Waals surface area contributed by atoms with E-state index in [4.69, 9.17) is 0 Å². The third-order valence-electron chi connectivity index (χ3n) is 3.02. The number of hydrogen-bond acceptors (Lipinski definition) is 1. The van der Waals surface area contributed by atoms with Gasteiger partial charge in [0.05, 0.1) is 12.0 Å². The van der Waals surface area contributed by atoms with Gasteiger partial charge in [-0.05, 0) is 46.3 Å². The Bertz CT molecular complexity index is 485. The molecule has 0 fully saturated rings. The van der Waals surface area contributed by atoms with Crippen LogP contribution in [-0.4, -0.2) is 9.55 Å². The molecule has 2 rings (SSSR count). The van der Waals surface area contributed by atoms with E-state index >= 15 is 0 Å². The van der Waals surface area contributed by atoms with Crippen molar-refractivity contribution in [2.45, 2.75) is 26.2 Å². The van der Waals surface area contributed by atoms with E-state index in [9.17, 15) is 0 Å². The zero-order valence-electron chi connectivity index (χ0n) is 10.3. The van der Waals surface area contributed by atoms with Gasteiger partial charge in [-0.3, -0.25) is 0 Å².